The van der Waals surface area contributed by atoms with Crippen LogP contribution in [0.4, 0.5) is 33.5 Å². The Hall–Kier alpha value is -2.69. The number of hydrogen-bond acceptors (Lipinski definition) is 5. The van der Waals surface area contributed by atoms with Crippen molar-refractivity contribution in [3.05, 3.63) is 46.6 Å². The lowest BCUT2D eigenvalue weighted by Crippen LogP contribution is -2.35. The van der Waals surface area contributed by atoms with Crippen molar-refractivity contribution >= 4 is 29.0 Å². The van der Waals surface area contributed by atoms with Crippen LogP contribution < -0.4 is 15.8 Å². The number of nitrogens with zero attached hydrogens (tertiary/aromatic N) is 3. The fourth-order valence-electron chi connectivity index (χ4n) is 3.28. The van der Waals surface area contributed by atoms with Gasteiger partial charge in [-0.25, -0.2) is 8.78 Å². The molecule has 1 aromatic heterocycles. The van der Waals surface area contributed by atoms with Crippen molar-refractivity contribution in [1.82, 2.24) is 15.6 Å². The number of nitrogens with one attached hydrogen (secondary N) is 2. The van der Waals surface area contributed by atoms with Gasteiger partial charge in [0.2, 0.25) is 5.91 Å². The number of amides is 1. The van der Waals surface area contributed by atoms with Crippen LogP contribution in [0.5, 0.6) is 0 Å². The van der Waals surface area contributed by atoms with Crippen molar-refractivity contribution in [3.63, 3.8) is 0 Å². The molecule has 2 N–H and O–H groups in total. The van der Waals surface area contributed by atoms with E-state index >= 15 is 0 Å². The second-order valence-electron chi connectivity index (χ2n) is 6.78. The predicted molar refractivity (Wildman–Crippen MR) is 100 cm³/mol. The summed E-state index contributed by atoms with van der Waals surface area (Å²) in [7, 11) is 0. The molecule has 6 nitrogen and oxygen atoms in total. The molecule has 1 fully saturated rings. The topological polar surface area (TPSA) is 70.1 Å². The summed E-state index contributed by atoms with van der Waals surface area (Å²) in [6.07, 6.45) is -3.75. The van der Waals surface area contributed by atoms with E-state index in [9.17, 15) is 26.7 Å². The molecule has 2 heterocycles. The summed E-state index contributed by atoms with van der Waals surface area (Å²) in [6.45, 7) is 0.986. The summed E-state index contributed by atoms with van der Waals surface area (Å²) in [4.78, 5) is 13.2. The molecule has 12 heteroatoms. The maximum Gasteiger partial charge on any atom is 0.397 e. The molecular formula is C18H17ClF5N5O. The quantitative estimate of drug-likeness (QED) is 0.529. The molecule has 30 heavy (non-hydrogen) atoms. The van der Waals surface area contributed by atoms with Crippen LogP contribution in [0.2, 0.25) is 5.02 Å². The second kappa shape index (κ2) is 8.99. The SMILES string of the molecule is O=C(CC(F)(F)F)NNc1nncc(N2CCC(c3ccc(F)cc3F)CC2)c1Cl. The largest absolute Gasteiger partial charge is 0.397 e. The molecule has 0 radical (unpaired) electrons. The normalized spacial score (nSPS) is 15.2. The zero-order valence-corrected chi connectivity index (χ0v) is 16.2. The van der Waals surface area contributed by atoms with Crippen molar-refractivity contribution < 1.29 is 26.7 Å². The molecule has 0 unspecified atom stereocenters. The van der Waals surface area contributed by atoms with Gasteiger partial charge in [0.15, 0.2) is 5.82 Å². The number of carbonyl (C=O) groups excluding carboxylic acids is 1. The van der Waals surface area contributed by atoms with Crippen molar-refractivity contribution in [3.8, 4) is 0 Å². The number of aromatic nitrogens is 2. The summed E-state index contributed by atoms with van der Waals surface area (Å²) in [5.41, 5.74) is 5.04. The first kappa shape index (κ1) is 22.0. The Bertz CT molecular complexity index is 918. The van der Waals surface area contributed by atoms with Gasteiger partial charge in [0.1, 0.15) is 23.1 Å². The van der Waals surface area contributed by atoms with E-state index in [0.29, 0.717) is 37.2 Å². The minimum absolute atomic E-state index is 0.0729. The zero-order valence-electron chi connectivity index (χ0n) is 15.4. The molecule has 3 rings (SSSR count). The first-order chi connectivity index (χ1) is 14.1. The van der Waals surface area contributed by atoms with Crippen LogP contribution in [-0.4, -0.2) is 35.4 Å². The Balaban J connectivity index is 1.63. The summed E-state index contributed by atoms with van der Waals surface area (Å²) in [5, 5.41) is 7.52. The van der Waals surface area contributed by atoms with Gasteiger partial charge in [-0.05, 0) is 30.4 Å². The van der Waals surface area contributed by atoms with E-state index in [4.69, 9.17) is 11.6 Å². The molecule has 1 aromatic carbocycles. The molecule has 0 bridgehead atoms. The van der Waals surface area contributed by atoms with Gasteiger partial charge in [-0.2, -0.15) is 18.3 Å². The number of hydrogen-bond donors (Lipinski definition) is 2. The highest BCUT2D eigenvalue weighted by Gasteiger charge is 2.31. The van der Waals surface area contributed by atoms with Gasteiger partial charge in [0, 0.05) is 19.2 Å². The number of rotatable bonds is 5. The minimum Gasteiger partial charge on any atom is -0.369 e. The fraction of sp³-hybridized carbons (Fsp3) is 0.389. The van der Waals surface area contributed by atoms with Gasteiger partial charge >= 0.3 is 6.18 Å². The number of carbonyl (C=O) groups is 1. The lowest BCUT2D eigenvalue weighted by Gasteiger charge is -2.34. The maximum absolute atomic E-state index is 14.0. The standard InChI is InChI=1S/C18H17ClF5N5O/c19-16-14(9-25-27-17(16)28-26-15(30)8-18(22,23)24)29-5-3-10(4-6-29)12-2-1-11(20)7-13(12)21/h1-2,7,9-10H,3-6,8H2,(H,26,30)(H,27,28). The molecule has 1 amide bonds. The van der Waals surface area contributed by atoms with Crippen LogP contribution in [0.3, 0.4) is 0 Å². The molecule has 2 aromatic rings. The molecule has 0 aliphatic carbocycles. The number of hydrazine groups is 1. The third-order valence-electron chi connectivity index (χ3n) is 4.69. The van der Waals surface area contributed by atoms with E-state index in [1.54, 1.807) is 0 Å². The monoisotopic (exact) mass is 449 g/mol. The van der Waals surface area contributed by atoms with E-state index < -0.39 is 30.1 Å². The Morgan fingerprint density at radius 2 is 1.93 bits per heavy atom. The molecule has 1 saturated heterocycles. The lowest BCUT2D eigenvalue weighted by atomic mass is 9.89. The first-order valence-corrected chi connectivity index (χ1v) is 9.34. The Labute approximate surface area is 173 Å². The smallest absolute Gasteiger partial charge is 0.369 e. The average molecular weight is 450 g/mol. The van der Waals surface area contributed by atoms with Crippen molar-refractivity contribution in [2.75, 3.05) is 23.4 Å². The minimum atomic E-state index is -4.64. The predicted octanol–water partition coefficient (Wildman–Crippen LogP) is 4.19. The number of halogens is 6. The van der Waals surface area contributed by atoms with Crippen molar-refractivity contribution in [1.29, 1.82) is 0 Å². The van der Waals surface area contributed by atoms with Crippen LogP contribution in [0, 0.1) is 11.6 Å². The van der Waals surface area contributed by atoms with Crippen LogP contribution in [0.25, 0.3) is 0 Å². The van der Waals surface area contributed by atoms with E-state index in [1.807, 2.05) is 10.3 Å². The van der Waals surface area contributed by atoms with Gasteiger partial charge < -0.3 is 4.90 Å². The average Bonchev–Trinajstić information content (AvgIpc) is 2.66. The maximum atomic E-state index is 14.0. The second-order valence-corrected chi connectivity index (χ2v) is 7.16. The molecule has 0 saturated carbocycles. The number of benzene rings is 1. The van der Waals surface area contributed by atoms with E-state index in [-0.39, 0.29) is 16.8 Å². The highest BCUT2D eigenvalue weighted by molar-refractivity contribution is 6.35. The zero-order chi connectivity index (χ0) is 21.9. The number of alkyl halides is 3. The lowest BCUT2D eigenvalue weighted by molar-refractivity contribution is -0.153. The highest BCUT2D eigenvalue weighted by atomic mass is 35.5. The van der Waals surface area contributed by atoms with Gasteiger partial charge in [0.05, 0.1) is 11.9 Å². The van der Waals surface area contributed by atoms with Crippen LogP contribution in [0.1, 0.15) is 30.7 Å². The van der Waals surface area contributed by atoms with Gasteiger partial charge in [-0.15, -0.1) is 5.10 Å². The van der Waals surface area contributed by atoms with Gasteiger partial charge in [0.25, 0.3) is 0 Å². The van der Waals surface area contributed by atoms with Crippen LogP contribution in [0.15, 0.2) is 24.4 Å². The Morgan fingerprint density at radius 3 is 2.57 bits per heavy atom. The number of piperidine rings is 1. The first-order valence-electron chi connectivity index (χ1n) is 8.96. The highest BCUT2D eigenvalue weighted by Crippen LogP contribution is 2.36. The van der Waals surface area contributed by atoms with E-state index in [1.165, 1.54) is 18.3 Å². The molecule has 0 spiro atoms. The molecular weight excluding hydrogens is 433 g/mol. The van der Waals surface area contributed by atoms with Crippen molar-refractivity contribution in [2.24, 2.45) is 0 Å². The van der Waals surface area contributed by atoms with Gasteiger partial charge in [-0.1, -0.05) is 17.7 Å². The molecule has 162 valence electrons. The molecule has 1 aliphatic heterocycles. The summed E-state index contributed by atoms with van der Waals surface area (Å²) >= 11 is 6.27. The molecule has 0 atom stereocenters. The summed E-state index contributed by atoms with van der Waals surface area (Å²) in [6, 6.07) is 3.52. The fourth-order valence-corrected chi connectivity index (χ4v) is 3.54. The van der Waals surface area contributed by atoms with E-state index in [2.05, 4.69) is 15.6 Å². The Kier molecular flexibility index (Phi) is 6.59. The van der Waals surface area contributed by atoms with Crippen molar-refractivity contribution in [2.45, 2.75) is 31.4 Å². The number of anilines is 2. The Morgan fingerprint density at radius 1 is 1.23 bits per heavy atom. The van der Waals surface area contributed by atoms with Gasteiger partial charge in [-0.3, -0.25) is 15.6 Å². The van der Waals surface area contributed by atoms with Crippen LogP contribution in [-0.2, 0) is 4.79 Å². The summed E-state index contributed by atoms with van der Waals surface area (Å²) < 4.78 is 63.8. The third-order valence-corrected chi connectivity index (χ3v) is 5.06. The summed E-state index contributed by atoms with van der Waals surface area (Å²) in [5.74, 6) is -2.71. The third kappa shape index (κ3) is 5.47. The molecule has 1 aliphatic rings. The van der Waals surface area contributed by atoms with Crippen LogP contribution >= 0.6 is 11.6 Å². The van der Waals surface area contributed by atoms with E-state index in [0.717, 1.165) is 6.07 Å².